The second-order valence-corrected chi connectivity index (χ2v) is 15.6. The summed E-state index contributed by atoms with van der Waals surface area (Å²) >= 11 is 0. The van der Waals surface area contributed by atoms with Gasteiger partial charge in [-0.1, -0.05) is 0 Å². The standard InChI is InChI=1S/C42H72N12O18/c43-13-19-49-25(55)1-7-31(61)67-37-38(68-32(62)8-2-26(56)50-20-14-44)40(70-34(64)10-4-28(58)52-22-16-46)42(72-36(66)12-6-30(60)54-24-18-48)41(71-35(65)11-5-29(59)53-23-17-47)39(37)69-33(63)9-3-27(57)51-21-15-45/h37-42H,1-24,43-48H2,(H,49,55)(H,50,56)(H,51,57)(H,52,58)(H,53,59)(H,54,60). The fourth-order valence-corrected chi connectivity index (χ4v) is 6.28. The molecule has 0 atom stereocenters. The van der Waals surface area contributed by atoms with Crippen molar-refractivity contribution < 1.29 is 86.0 Å². The van der Waals surface area contributed by atoms with E-state index >= 15 is 0 Å². The van der Waals surface area contributed by atoms with Gasteiger partial charge in [0.2, 0.25) is 35.4 Å². The number of amides is 6. The quantitative estimate of drug-likeness (QED) is 0.0205. The van der Waals surface area contributed by atoms with Crippen molar-refractivity contribution in [3.8, 4) is 0 Å². The zero-order chi connectivity index (χ0) is 53.8. The molecule has 1 rings (SSSR count). The molecule has 408 valence electrons. The maximum atomic E-state index is 13.8. The zero-order valence-electron chi connectivity index (χ0n) is 40.2. The molecule has 30 nitrogen and oxygen atoms in total. The van der Waals surface area contributed by atoms with Crippen molar-refractivity contribution in [2.24, 2.45) is 34.4 Å². The number of carbonyl (C=O) groups excluding carboxylic acids is 12. The van der Waals surface area contributed by atoms with Gasteiger partial charge >= 0.3 is 35.8 Å². The maximum absolute atomic E-state index is 13.8. The lowest BCUT2D eigenvalue weighted by Crippen LogP contribution is -2.69. The Morgan fingerprint density at radius 1 is 0.236 bits per heavy atom. The van der Waals surface area contributed by atoms with Crippen LogP contribution < -0.4 is 66.3 Å². The Morgan fingerprint density at radius 3 is 0.472 bits per heavy atom. The average Bonchev–Trinajstić information content (AvgIpc) is 3.36. The molecule has 18 N–H and O–H groups in total. The van der Waals surface area contributed by atoms with Gasteiger partial charge in [-0.25, -0.2) is 0 Å². The summed E-state index contributed by atoms with van der Waals surface area (Å²) in [7, 11) is 0. The van der Waals surface area contributed by atoms with E-state index in [2.05, 4.69) is 31.9 Å². The molecule has 1 aliphatic rings. The molecule has 0 radical (unpaired) electrons. The van der Waals surface area contributed by atoms with Crippen LogP contribution in [0.25, 0.3) is 0 Å². The third-order valence-electron chi connectivity index (χ3n) is 9.68. The van der Waals surface area contributed by atoms with Gasteiger partial charge in [0.05, 0.1) is 38.5 Å². The summed E-state index contributed by atoms with van der Waals surface area (Å²) in [4.78, 5) is 158. The predicted octanol–water partition coefficient (Wildman–Crippen LogP) is -7.40. The van der Waals surface area contributed by atoms with Gasteiger partial charge in [-0.15, -0.1) is 0 Å². The molecule has 72 heavy (non-hydrogen) atoms. The molecule has 0 aromatic rings. The van der Waals surface area contributed by atoms with Gasteiger partial charge in [-0.2, -0.15) is 0 Å². The van der Waals surface area contributed by atoms with E-state index < -0.39 is 185 Å². The molecule has 0 unspecified atom stereocenters. The van der Waals surface area contributed by atoms with Crippen molar-refractivity contribution >= 4 is 71.3 Å². The normalized spacial score (nSPS) is 17.9. The first kappa shape index (κ1) is 63.4. The van der Waals surface area contributed by atoms with E-state index in [9.17, 15) is 57.5 Å². The van der Waals surface area contributed by atoms with E-state index in [4.69, 9.17) is 62.8 Å². The van der Waals surface area contributed by atoms with Crippen molar-refractivity contribution in [1.82, 2.24) is 31.9 Å². The monoisotopic (exact) mass is 1030 g/mol. The van der Waals surface area contributed by atoms with Crippen LogP contribution in [-0.2, 0) is 86.0 Å². The summed E-state index contributed by atoms with van der Waals surface area (Å²) < 4.78 is 34.7. The van der Waals surface area contributed by atoms with Crippen LogP contribution >= 0.6 is 0 Å². The van der Waals surface area contributed by atoms with Gasteiger partial charge in [0.1, 0.15) is 0 Å². The van der Waals surface area contributed by atoms with E-state index in [1.807, 2.05) is 0 Å². The SMILES string of the molecule is NCCNC(=O)CCC(=O)OC1C(OC(=O)CCC(=O)NCCN)C(OC(=O)CCC(=O)NCCN)C(OC(=O)CCC(=O)NCCN)C(OC(=O)CCC(=O)NCCN)C1OC(=O)CCC(=O)NCCN. The molecular weight excluding hydrogens is 961 g/mol. The summed E-state index contributed by atoms with van der Waals surface area (Å²) in [6.45, 7) is 0.470. The number of hydrogen-bond acceptors (Lipinski definition) is 24. The van der Waals surface area contributed by atoms with Crippen molar-refractivity contribution in [1.29, 1.82) is 0 Å². The summed E-state index contributed by atoms with van der Waals surface area (Å²) in [6.07, 6.45) is -20.8. The van der Waals surface area contributed by atoms with Crippen LogP contribution in [0.15, 0.2) is 0 Å². The van der Waals surface area contributed by atoms with Crippen LogP contribution in [0.4, 0.5) is 0 Å². The molecule has 0 heterocycles. The van der Waals surface area contributed by atoms with E-state index in [0.29, 0.717) is 0 Å². The Kier molecular flexibility index (Phi) is 32.8. The minimum Gasteiger partial charge on any atom is -0.454 e. The van der Waals surface area contributed by atoms with Crippen molar-refractivity contribution in [3.63, 3.8) is 0 Å². The van der Waals surface area contributed by atoms with Crippen LogP contribution in [-0.4, -0.2) is 186 Å². The summed E-state index contributed by atoms with van der Waals surface area (Å²) in [6, 6.07) is 0. The van der Waals surface area contributed by atoms with Crippen LogP contribution in [0.1, 0.15) is 77.0 Å². The highest BCUT2D eigenvalue weighted by Crippen LogP contribution is 2.36. The fourth-order valence-electron chi connectivity index (χ4n) is 6.28. The molecule has 0 spiro atoms. The van der Waals surface area contributed by atoms with E-state index in [1.165, 1.54) is 0 Å². The minimum atomic E-state index is -2.23. The Morgan fingerprint density at radius 2 is 0.361 bits per heavy atom. The smallest absolute Gasteiger partial charge is 0.306 e. The molecule has 0 bridgehead atoms. The number of esters is 6. The second-order valence-electron chi connectivity index (χ2n) is 15.6. The minimum absolute atomic E-state index is 0.0307. The maximum Gasteiger partial charge on any atom is 0.306 e. The molecular formula is C42H72N12O18. The van der Waals surface area contributed by atoms with E-state index in [1.54, 1.807) is 0 Å². The molecule has 1 aliphatic carbocycles. The topological polar surface area (TPSA) is 489 Å². The van der Waals surface area contributed by atoms with Crippen molar-refractivity contribution in [2.45, 2.75) is 114 Å². The number of rotatable bonds is 36. The molecule has 0 aromatic carbocycles. The molecule has 6 amide bonds. The Balaban J connectivity index is 4.22. The van der Waals surface area contributed by atoms with Crippen LogP contribution in [0, 0.1) is 0 Å². The summed E-state index contributed by atoms with van der Waals surface area (Å²) in [5.41, 5.74) is 32.7. The second kappa shape index (κ2) is 37.2. The first-order valence-electron chi connectivity index (χ1n) is 23.4. The van der Waals surface area contributed by atoms with Gasteiger partial charge in [0.15, 0.2) is 36.6 Å². The van der Waals surface area contributed by atoms with Gasteiger partial charge in [-0.3, -0.25) is 57.5 Å². The highest BCUT2D eigenvalue weighted by molar-refractivity contribution is 5.85. The number of nitrogens with one attached hydrogen (secondary N) is 6. The highest BCUT2D eigenvalue weighted by atomic mass is 16.7. The number of ether oxygens (including phenoxy) is 6. The fraction of sp³-hybridized carbons (Fsp3) is 0.714. The number of carbonyl (C=O) groups is 12. The first-order valence-corrected chi connectivity index (χ1v) is 23.4. The molecule has 0 aromatic heterocycles. The molecule has 0 aliphatic heterocycles. The zero-order valence-corrected chi connectivity index (χ0v) is 40.2. The van der Waals surface area contributed by atoms with Crippen molar-refractivity contribution in [3.05, 3.63) is 0 Å². The lowest BCUT2D eigenvalue weighted by molar-refractivity contribution is -0.261. The summed E-state index contributed by atoms with van der Waals surface area (Å²) in [5.74, 6) is -11.5. The van der Waals surface area contributed by atoms with E-state index in [0.717, 1.165) is 0 Å². The number of hydrogen-bond donors (Lipinski definition) is 12. The van der Waals surface area contributed by atoms with Crippen LogP contribution in [0.3, 0.4) is 0 Å². The van der Waals surface area contributed by atoms with Crippen LogP contribution in [0.5, 0.6) is 0 Å². The molecule has 0 saturated heterocycles. The van der Waals surface area contributed by atoms with E-state index in [-0.39, 0.29) is 78.5 Å². The molecule has 30 heteroatoms. The van der Waals surface area contributed by atoms with Gasteiger partial charge in [0.25, 0.3) is 0 Å². The highest BCUT2D eigenvalue weighted by Gasteiger charge is 2.61. The van der Waals surface area contributed by atoms with Gasteiger partial charge in [0, 0.05) is 117 Å². The lowest BCUT2D eigenvalue weighted by atomic mass is 9.83. The van der Waals surface area contributed by atoms with Gasteiger partial charge < -0.3 is 94.7 Å². The lowest BCUT2D eigenvalue weighted by Gasteiger charge is -2.47. The van der Waals surface area contributed by atoms with Crippen molar-refractivity contribution in [2.75, 3.05) is 78.5 Å². The van der Waals surface area contributed by atoms with Crippen LogP contribution in [0.2, 0.25) is 0 Å². The molecule has 1 saturated carbocycles. The summed E-state index contributed by atoms with van der Waals surface area (Å²) in [5, 5.41) is 14.7. The third kappa shape index (κ3) is 27.1. The Bertz CT molecular complexity index is 1470. The Labute approximate surface area is 415 Å². The largest absolute Gasteiger partial charge is 0.454 e. The van der Waals surface area contributed by atoms with Gasteiger partial charge in [-0.05, 0) is 0 Å². The average molecular weight is 1030 g/mol. The third-order valence-corrected chi connectivity index (χ3v) is 9.68. The Hall–Kier alpha value is -6.60. The first-order chi connectivity index (χ1) is 34.4. The predicted molar refractivity (Wildman–Crippen MR) is 247 cm³/mol. The molecule has 1 fully saturated rings. The number of nitrogens with two attached hydrogens (primary N) is 6.